The zero-order valence-electron chi connectivity index (χ0n) is 13.6. The molecule has 0 aliphatic heterocycles. The van der Waals surface area contributed by atoms with Crippen LogP contribution in [-0.2, 0) is 12.7 Å². The molecule has 0 aliphatic carbocycles. The van der Waals surface area contributed by atoms with Crippen molar-refractivity contribution in [2.24, 2.45) is 0 Å². The van der Waals surface area contributed by atoms with Gasteiger partial charge in [0, 0.05) is 15.5 Å². The van der Waals surface area contributed by atoms with Crippen molar-refractivity contribution in [3.8, 4) is 16.3 Å². The second-order valence-corrected chi connectivity index (χ2v) is 7.13. The fraction of sp³-hybridized carbons (Fsp3) is 0.188. The SMILES string of the molecule is Cc1sc(-c2cc(Cl)cc(C(F)(F)F)c2)nc1Cn1cc(OC(=O)O)cn1. The third-order valence-corrected chi connectivity index (χ3v) is 4.77. The van der Waals surface area contributed by atoms with Crippen molar-refractivity contribution in [1.82, 2.24) is 14.8 Å². The first kappa shape index (κ1) is 19.2. The highest BCUT2D eigenvalue weighted by Gasteiger charge is 2.31. The molecule has 0 saturated heterocycles. The van der Waals surface area contributed by atoms with E-state index in [1.807, 2.05) is 0 Å². The van der Waals surface area contributed by atoms with E-state index < -0.39 is 17.9 Å². The molecule has 0 aliphatic rings. The van der Waals surface area contributed by atoms with Crippen LogP contribution in [0.3, 0.4) is 0 Å². The third kappa shape index (κ3) is 4.58. The molecule has 0 saturated carbocycles. The van der Waals surface area contributed by atoms with Gasteiger partial charge in [-0.05, 0) is 25.1 Å². The molecule has 0 unspecified atom stereocenters. The molecule has 0 radical (unpaired) electrons. The number of halogens is 4. The molecule has 0 spiro atoms. The minimum atomic E-state index is -4.51. The molecule has 0 bridgehead atoms. The maximum Gasteiger partial charge on any atom is 0.511 e. The lowest BCUT2D eigenvalue weighted by Crippen LogP contribution is -2.05. The molecule has 1 aromatic carbocycles. The zero-order chi connectivity index (χ0) is 19.8. The Morgan fingerprint density at radius 3 is 2.78 bits per heavy atom. The largest absolute Gasteiger partial charge is 0.511 e. The van der Waals surface area contributed by atoms with Gasteiger partial charge in [0.25, 0.3) is 0 Å². The van der Waals surface area contributed by atoms with Crippen LogP contribution in [0, 0.1) is 6.92 Å². The van der Waals surface area contributed by atoms with E-state index in [4.69, 9.17) is 16.7 Å². The van der Waals surface area contributed by atoms with Gasteiger partial charge in [-0.25, -0.2) is 9.78 Å². The third-order valence-electron chi connectivity index (χ3n) is 3.49. The van der Waals surface area contributed by atoms with Crippen LogP contribution in [0.2, 0.25) is 5.02 Å². The zero-order valence-corrected chi connectivity index (χ0v) is 15.2. The Bertz CT molecular complexity index is 1000. The molecule has 1 N–H and O–H groups in total. The average molecular weight is 418 g/mol. The van der Waals surface area contributed by atoms with Crippen LogP contribution in [-0.4, -0.2) is 26.0 Å². The average Bonchev–Trinajstić information content (AvgIpc) is 3.13. The van der Waals surface area contributed by atoms with E-state index in [0.717, 1.165) is 17.0 Å². The summed E-state index contributed by atoms with van der Waals surface area (Å²) >= 11 is 7.06. The molecule has 0 atom stereocenters. The number of alkyl halides is 3. The Labute approximate surface area is 159 Å². The predicted octanol–water partition coefficient (Wildman–Crippen LogP) is 5.09. The number of aryl methyl sites for hydroxylation is 1. The molecular formula is C16H11ClF3N3O3S. The van der Waals surface area contributed by atoms with Crippen LogP contribution in [0.5, 0.6) is 5.75 Å². The molecule has 2 aromatic heterocycles. The molecule has 3 rings (SSSR count). The van der Waals surface area contributed by atoms with Gasteiger partial charge >= 0.3 is 12.3 Å². The minimum Gasteiger partial charge on any atom is -0.449 e. The first-order valence-corrected chi connectivity index (χ1v) is 8.59. The highest BCUT2D eigenvalue weighted by molar-refractivity contribution is 7.15. The molecular weight excluding hydrogens is 407 g/mol. The maximum atomic E-state index is 13.0. The van der Waals surface area contributed by atoms with E-state index in [0.29, 0.717) is 10.7 Å². The Balaban J connectivity index is 1.88. The van der Waals surface area contributed by atoms with E-state index in [1.54, 1.807) is 6.92 Å². The number of carboxylic acid groups (broad SMARTS) is 1. The summed E-state index contributed by atoms with van der Waals surface area (Å²) in [7, 11) is 0. The summed E-state index contributed by atoms with van der Waals surface area (Å²) in [6.07, 6.45) is -3.34. The van der Waals surface area contributed by atoms with Crippen molar-refractivity contribution in [3.05, 3.63) is 51.7 Å². The first-order chi connectivity index (χ1) is 12.6. The highest BCUT2D eigenvalue weighted by atomic mass is 35.5. The van der Waals surface area contributed by atoms with Crippen molar-refractivity contribution in [1.29, 1.82) is 0 Å². The van der Waals surface area contributed by atoms with Crippen LogP contribution in [0.15, 0.2) is 30.6 Å². The van der Waals surface area contributed by atoms with Crippen LogP contribution >= 0.6 is 22.9 Å². The minimum absolute atomic E-state index is 0.0308. The number of thiazole rings is 1. The Hall–Kier alpha value is -2.59. The molecule has 6 nitrogen and oxygen atoms in total. The quantitative estimate of drug-likeness (QED) is 0.598. The van der Waals surface area contributed by atoms with E-state index in [2.05, 4.69) is 14.8 Å². The Morgan fingerprint density at radius 1 is 1.37 bits per heavy atom. The summed E-state index contributed by atoms with van der Waals surface area (Å²) in [5, 5.41) is 12.9. The molecule has 11 heteroatoms. The lowest BCUT2D eigenvalue weighted by molar-refractivity contribution is -0.137. The number of aromatic nitrogens is 3. The van der Waals surface area contributed by atoms with Crippen LogP contribution < -0.4 is 4.74 Å². The molecule has 2 heterocycles. The Morgan fingerprint density at radius 2 is 2.11 bits per heavy atom. The lowest BCUT2D eigenvalue weighted by Gasteiger charge is -2.08. The monoisotopic (exact) mass is 417 g/mol. The fourth-order valence-corrected chi connectivity index (χ4v) is 3.46. The summed E-state index contributed by atoms with van der Waals surface area (Å²) < 4.78 is 44.9. The van der Waals surface area contributed by atoms with E-state index in [-0.39, 0.29) is 22.9 Å². The summed E-state index contributed by atoms with van der Waals surface area (Å²) in [6, 6.07) is 3.28. The van der Waals surface area contributed by atoms with Crippen molar-refractivity contribution >= 4 is 29.1 Å². The molecule has 142 valence electrons. The van der Waals surface area contributed by atoms with Crippen LogP contribution in [0.4, 0.5) is 18.0 Å². The van der Waals surface area contributed by atoms with Gasteiger partial charge < -0.3 is 9.84 Å². The van der Waals surface area contributed by atoms with Crippen molar-refractivity contribution in [2.75, 3.05) is 0 Å². The molecule has 0 amide bonds. The van der Waals surface area contributed by atoms with E-state index >= 15 is 0 Å². The standard InChI is InChI=1S/C16H11ClF3N3O3S/c1-8-13(7-23-6-12(5-21-23)26-15(24)25)22-14(27-8)9-2-10(16(18,19)20)4-11(17)3-9/h2-6H,7H2,1H3,(H,24,25). The Kier molecular flexibility index (Phi) is 5.11. The summed E-state index contributed by atoms with van der Waals surface area (Å²) in [4.78, 5) is 15.7. The van der Waals surface area contributed by atoms with Gasteiger partial charge in [0.15, 0.2) is 5.75 Å². The number of hydrogen-bond donors (Lipinski definition) is 1. The smallest absolute Gasteiger partial charge is 0.449 e. The normalized spacial score (nSPS) is 11.6. The second kappa shape index (κ2) is 7.20. The number of ether oxygens (including phenoxy) is 1. The lowest BCUT2D eigenvalue weighted by atomic mass is 10.1. The molecule has 27 heavy (non-hydrogen) atoms. The van der Waals surface area contributed by atoms with Gasteiger partial charge in [-0.3, -0.25) is 4.68 Å². The van der Waals surface area contributed by atoms with Gasteiger partial charge in [-0.15, -0.1) is 11.3 Å². The number of carbonyl (C=O) groups is 1. The van der Waals surface area contributed by atoms with Gasteiger partial charge in [0.2, 0.25) is 0 Å². The molecule has 3 aromatic rings. The summed E-state index contributed by atoms with van der Waals surface area (Å²) in [6.45, 7) is 1.99. The van der Waals surface area contributed by atoms with E-state index in [1.165, 1.54) is 34.5 Å². The predicted molar refractivity (Wildman–Crippen MR) is 92.3 cm³/mol. The number of hydrogen-bond acceptors (Lipinski definition) is 5. The fourth-order valence-electron chi connectivity index (χ4n) is 2.31. The highest BCUT2D eigenvalue weighted by Crippen LogP contribution is 2.36. The maximum absolute atomic E-state index is 13.0. The summed E-state index contributed by atoms with van der Waals surface area (Å²) in [5.41, 5.74) is 0.0139. The number of rotatable bonds is 4. The van der Waals surface area contributed by atoms with Gasteiger partial charge in [-0.2, -0.15) is 18.3 Å². The van der Waals surface area contributed by atoms with Gasteiger partial charge in [0.1, 0.15) is 5.01 Å². The van der Waals surface area contributed by atoms with E-state index in [9.17, 15) is 18.0 Å². The van der Waals surface area contributed by atoms with Gasteiger partial charge in [0.05, 0.1) is 30.2 Å². The number of benzene rings is 1. The van der Waals surface area contributed by atoms with Crippen molar-refractivity contribution in [2.45, 2.75) is 19.6 Å². The van der Waals surface area contributed by atoms with Crippen molar-refractivity contribution < 1.29 is 27.8 Å². The summed E-state index contributed by atoms with van der Waals surface area (Å²) in [5.74, 6) is 0.0558. The first-order valence-electron chi connectivity index (χ1n) is 7.39. The van der Waals surface area contributed by atoms with Gasteiger partial charge in [-0.1, -0.05) is 11.6 Å². The van der Waals surface area contributed by atoms with Crippen LogP contribution in [0.25, 0.3) is 10.6 Å². The van der Waals surface area contributed by atoms with Crippen molar-refractivity contribution in [3.63, 3.8) is 0 Å². The topological polar surface area (TPSA) is 77.2 Å². The van der Waals surface area contributed by atoms with Crippen LogP contribution in [0.1, 0.15) is 16.1 Å². The number of nitrogens with zero attached hydrogens (tertiary/aromatic N) is 3. The molecule has 0 fully saturated rings. The second-order valence-electron chi connectivity index (χ2n) is 5.49.